The third kappa shape index (κ3) is 6.65. The number of amides is 1. The molecule has 21 heavy (non-hydrogen) atoms. The molecule has 1 atom stereocenters. The molecule has 0 bridgehead atoms. The van der Waals surface area contributed by atoms with Crippen LogP contribution in [-0.2, 0) is 4.79 Å². The Morgan fingerprint density at radius 1 is 1.38 bits per heavy atom. The van der Waals surface area contributed by atoms with E-state index in [1.54, 1.807) is 20.8 Å². The summed E-state index contributed by atoms with van der Waals surface area (Å²) < 4.78 is 37.3. The first-order valence-electron chi connectivity index (χ1n) is 7.32. The zero-order chi connectivity index (χ0) is 16.3. The summed E-state index contributed by atoms with van der Waals surface area (Å²) in [6.07, 6.45) is -3.04. The van der Waals surface area contributed by atoms with Gasteiger partial charge < -0.3 is 10.0 Å². The number of aliphatic hydroxyl groups is 1. The molecule has 1 N–H and O–H groups in total. The molecule has 0 aromatic carbocycles. The lowest BCUT2D eigenvalue weighted by Crippen LogP contribution is -2.49. The molecular formula is C14H25F3N2O2. The van der Waals surface area contributed by atoms with Gasteiger partial charge in [0.05, 0.1) is 18.1 Å². The summed E-state index contributed by atoms with van der Waals surface area (Å²) in [6, 6.07) is 0. The third-order valence-electron chi connectivity index (χ3n) is 3.53. The van der Waals surface area contributed by atoms with Crippen molar-refractivity contribution in [2.75, 3.05) is 32.7 Å². The lowest BCUT2D eigenvalue weighted by molar-refractivity contribution is -0.155. The molecule has 0 radical (unpaired) electrons. The second-order valence-electron chi connectivity index (χ2n) is 6.35. The standard InChI is InChI=1S/C14H25F3N2O2/c1-4-19(9-13(2,3)21)12(20)11-6-5-7-18(8-11)10-14(15,16)17/h11,21H,4-10H2,1-3H3. The van der Waals surface area contributed by atoms with E-state index >= 15 is 0 Å². The molecule has 0 aromatic heterocycles. The predicted octanol–water partition coefficient (Wildman–Crippen LogP) is 1.88. The van der Waals surface area contributed by atoms with Crippen LogP contribution in [0, 0.1) is 5.92 Å². The lowest BCUT2D eigenvalue weighted by Gasteiger charge is -2.36. The molecule has 7 heteroatoms. The van der Waals surface area contributed by atoms with E-state index in [0.717, 1.165) is 0 Å². The summed E-state index contributed by atoms with van der Waals surface area (Å²) in [5.74, 6) is -0.574. The maximum Gasteiger partial charge on any atom is 0.401 e. The second kappa shape index (κ2) is 6.96. The van der Waals surface area contributed by atoms with E-state index in [2.05, 4.69) is 0 Å². The fourth-order valence-electron chi connectivity index (χ4n) is 2.73. The van der Waals surface area contributed by atoms with Crippen molar-refractivity contribution < 1.29 is 23.1 Å². The van der Waals surface area contributed by atoms with E-state index < -0.39 is 24.2 Å². The summed E-state index contributed by atoms with van der Waals surface area (Å²) in [4.78, 5) is 15.3. The van der Waals surface area contributed by atoms with Gasteiger partial charge >= 0.3 is 6.18 Å². The Labute approximate surface area is 123 Å². The number of carbonyl (C=O) groups excluding carboxylic acids is 1. The van der Waals surface area contributed by atoms with Crippen molar-refractivity contribution in [2.24, 2.45) is 5.92 Å². The third-order valence-corrected chi connectivity index (χ3v) is 3.53. The fraction of sp³-hybridized carbons (Fsp3) is 0.929. The molecule has 1 amide bonds. The van der Waals surface area contributed by atoms with E-state index in [1.165, 1.54) is 9.80 Å². The molecule has 1 aliphatic rings. The van der Waals surface area contributed by atoms with Gasteiger partial charge in [0.2, 0.25) is 5.91 Å². The van der Waals surface area contributed by atoms with Gasteiger partial charge in [-0.2, -0.15) is 13.2 Å². The smallest absolute Gasteiger partial charge is 0.389 e. The van der Waals surface area contributed by atoms with Crippen LogP contribution in [0.15, 0.2) is 0 Å². The first kappa shape index (κ1) is 18.2. The largest absolute Gasteiger partial charge is 0.401 e. The molecule has 0 saturated carbocycles. The van der Waals surface area contributed by atoms with Gasteiger partial charge in [-0.25, -0.2) is 0 Å². The Hall–Kier alpha value is -0.820. The Morgan fingerprint density at radius 3 is 2.48 bits per heavy atom. The quantitative estimate of drug-likeness (QED) is 0.843. The number of likely N-dealkylation sites (tertiary alicyclic amines) is 1. The van der Waals surface area contributed by atoms with Gasteiger partial charge in [-0.1, -0.05) is 0 Å². The zero-order valence-electron chi connectivity index (χ0n) is 12.9. The summed E-state index contributed by atoms with van der Waals surface area (Å²) in [6.45, 7) is 5.21. The summed E-state index contributed by atoms with van der Waals surface area (Å²) in [5, 5.41) is 9.82. The van der Waals surface area contributed by atoms with Crippen molar-refractivity contribution in [3.63, 3.8) is 0 Å². The van der Waals surface area contributed by atoms with Crippen LogP contribution in [-0.4, -0.2) is 65.3 Å². The molecule has 1 aliphatic heterocycles. The molecule has 1 saturated heterocycles. The molecule has 0 spiro atoms. The highest BCUT2D eigenvalue weighted by atomic mass is 19.4. The topological polar surface area (TPSA) is 43.8 Å². The van der Waals surface area contributed by atoms with E-state index in [9.17, 15) is 23.1 Å². The number of alkyl halides is 3. The minimum atomic E-state index is -4.23. The fourth-order valence-corrected chi connectivity index (χ4v) is 2.73. The summed E-state index contributed by atoms with van der Waals surface area (Å²) in [5.41, 5.74) is -1.01. The highest BCUT2D eigenvalue weighted by Gasteiger charge is 2.36. The molecule has 124 valence electrons. The van der Waals surface area contributed by atoms with Crippen molar-refractivity contribution in [3.8, 4) is 0 Å². The van der Waals surface area contributed by atoms with Crippen LogP contribution in [0.5, 0.6) is 0 Å². The lowest BCUT2D eigenvalue weighted by atomic mass is 9.95. The van der Waals surface area contributed by atoms with Crippen molar-refractivity contribution in [2.45, 2.75) is 45.4 Å². The average Bonchev–Trinajstić information content (AvgIpc) is 2.32. The number of nitrogens with zero attached hydrogens (tertiary/aromatic N) is 2. The molecule has 1 fully saturated rings. The van der Waals surface area contributed by atoms with Crippen molar-refractivity contribution in [3.05, 3.63) is 0 Å². The number of carbonyl (C=O) groups is 1. The summed E-state index contributed by atoms with van der Waals surface area (Å²) in [7, 11) is 0. The average molecular weight is 310 g/mol. The highest BCUT2D eigenvalue weighted by molar-refractivity contribution is 5.79. The van der Waals surface area contributed by atoms with Crippen molar-refractivity contribution in [1.82, 2.24) is 9.80 Å². The number of rotatable bonds is 5. The second-order valence-corrected chi connectivity index (χ2v) is 6.35. The maximum absolute atomic E-state index is 12.4. The van der Waals surface area contributed by atoms with Gasteiger partial charge in [0.1, 0.15) is 0 Å². The molecule has 0 aliphatic carbocycles. The Kier molecular flexibility index (Phi) is 6.04. The van der Waals surface area contributed by atoms with Gasteiger partial charge in [0.25, 0.3) is 0 Å². The SMILES string of the molecule is CCN(CC(C)(C)O)C(=O)C1CCCN(CC(F)(F)F)C1. The van der Waals surface area contributed by atoms with Crippen LogP contribution in [0.1, 0.15) is 33.6 Å². The summed E-state index contributed by atoms with van der Waals surface area (Å²) >= 11 is 0. The highest BCUT2D eigenvalue weighted by Crippen LogP contribution is 2.24. The molecule has 1 rings (SSSR count). The van der Waals surface area contributed by atoms with Gasteiger partial charge in [-0.05, 0) is 40.2 Å². The molecule has 4 nitrogen and oxygen atoms in total. The Balaban J connectivity index is 2.64. The van der Waals surface area contributed by atoms with Crippen LogP contribution in [0.2, 0.25) is 0 Å². The van der Waals surface area contributed by atoms with Crippen LogP contribution < -0.4 is 0 Å². The number of hydrogen-bond acceptors (Lipinski definition) is 3. The van der Waals surface area contributed by atoms with Gasteiger partial charge in [-0.3, -0.25) is 9.69 Å². The van der Waals surface area contributed by atoms with Gasteiger partial charge in [0.15, 0.2) is 0 Å². The van der Waals surface area contributed by atoms with E-state index in [4.69, 9.17) is 0 Å². The molecule has 1 unspecified atom stereocenters. The first-order chi connectivity index (χ1) is 9.52. The number of halogens is 3. The zero-order valence-corrected chi connectivity index (χ0v) is 12.9. The monoisotopic (exact) mass is 310 g/mol. The minimum Gasteiger partial charge on any atom is -0.389 e. The number of hydrogen-bond donors (Lipinski definition) is 1. The number of likely N-dealkylation sites (N-methyl/N-ethyl adjacent to an activating group) is 1. The maximum atomic E-state index is 12.4. The van der Waals surface area contributed by atoms with Crippen molar-refractivity contribution >= 4 is 5.91 Å². The molecule has 1 heterocycles. The van der Waals surface area contributed by atoms with Gasteiger partial charge in [-0.15, -0.1) is 0 Å². The normalized spacial score (nSPS) is 21.4. The van der Waals surface area contributed by atoms with Crippen LogP contribution in [0.4, 0.5) is 13.2 Å². The first-order valence-corrected chi connectivity index (χ1v) is 7.32. The van der Waals surface area contributed by atoms with Crippen LogP contribution >= 0.6 is 0 Å². The minimum absolute atomic E-state index is 0.140. The Bertz CT molecular complexity index is 353. The Morgan fingerprint density at radius 2 is 2.00 bits per heavy atom. The molecule has 0 aromatic rings. The van der Waals surface area contributed by atoms with Crippen molar-refractivity contribution in [1.29, 1.82) is 0 Å². The predicted molar refractivity (Wildman–Crippen MR) is 73.8 cm³/mol. The van der Waals surface area contributed by atoms with Crippen LogP contribution in [0.3, 0.4) is 0 Å². The number of piperidine rings is 1. The van der Waals surface area contributed by atoms with E-state index in [0.29, 0.717) is 25.9 Å². The van der Waals surface area contributed by atoms with E-state index in [1.807, 2.05) is 0 Å². The van der Waals surface area contributed by atoms with E-state index in [-0.39, 0.29) is 19.0 Å². The van der Waals surface area contributed by atoms with Gasteiger partial charge in [0, 0.05) is 19.6 Å². The molecular weight excluding hydrogens is 285 g/mol. The van der Waals surface area contributed by atoms with Crippen LogP contribution in [0.25, 0.3) is 0 Å².